The summed E-state index contributed by atoms with van der Waals surface area (Å²) < 4.78 is 5.00. The van der Waals surface area contributed by atoms with Crippen molar-refractivity contribution in [3.8, 4) is 5.75 Å². The normalized spacial score (nSPS) is 12.5. The van der Waals surface area contributed by atoms with E-state index in [9.17, 15) is 5.11 Å². The highest BCUT2D eigenvalue weighted by molar-refractivity contribution is 5.52. The van der Waals surface area contributed by atoms with Gasteiger partial charge in [-0.2, -0.15) is 0 Å². The van der Waals surface area contributed by atoms with Crippen LogP contribution < -0.4 is 10.5 Å². The molecule has 3 N–H and O–H groups in total. The van der Waals surface area contributed by atoms with E-state index >= 15 is 0 Å². The number of methoxy groups -OCH3 is 1. The molecule has 0 aromatic heterocycles. The zero-order valence-electron chi connectivity index (χ0n) is 7.95. The lowest BCUT2D eigenvalue weighted by molar-refractivity contribution is 0.174. The molecule has 0 amide bonds. The highest BCUT2D eigenvalue weighted by atomic mass is 16.5. The summed E-state index contributed by atoms with van der Waals surface area (Å²) in [5, 5.41) is 9.55. The number of nitrogens with two attached hydrogens (primary N) is 1. The number of anilines is 1. The van der Waals surface area contributed by atoms with Crippen molar-refractivity contribution in [1.29, 1.82) is 0 Å². The monoisotopic (exact) mass is 181 g/mol. The molecule has 0 fully saturated rings. The second kappa shape index (κ2) is 4.14. The molecule has 1 aromatic carbocycles. The van der Waals surface area contributed by atoms with Crippen LogP contribution in [-0.2, 0) is 0 Å². The van der Waals surface area contributed by atoms with Crippen molar-refractivity contribution in [2.24, 2.45) is 0 Å². The number of hydrogen-bond donors (Lipinski definition) is 2. The fourth-order valence-corrected chi connectivity index (χ4v) is 1.20. The number of benzene rings is 1. The quantitative estimate of drug-likeness (QED) is 0.698. The van der Waals surface area contributed by atoms with Gasteiger partial charge in [0.05, 0.1) is 13.2 Å². The number of rotatable bonds is 3. The molecule has 0 heterocycles. The van der Waals surface area contributed by atoms with Gasteiger partial charge in [0.15, 0.2) is 0 Å². The third-order valence-corrected chi connectivity index (χ3v) is 2.04. The topological polar surface area (TPSA) is 55.5 Å². The Labute approximate surface area is 78.1 Å². The van der Waals surface area contributed by atoms with Crippen LogP contribution in [0.2, 0.25) is 0 Å². The number of ether oxygens (including phenoxy) is 1. The molecule has 0 radical (unpaired) electrons. The minimum absolute atomic E-state index is 0.481. The van der Waals surface area contributed by atoms with E-state index in [1.165, 1.54) is 0 Å². The molecule has 0 aliphatic carbocycles. The smallest absolute Gasteiger partial charge is 0.120 e. The van der Waals surface area contributed by atoms with E-state index in [4.69, 9.17) is 10.5 Å². The van der Waals surface area contributed by atoms with Crippen LogP contribution in [0, 0.1) is 0 Å². The summed E-state index contributed by atoms with van der Waals surface area (Å²) in [6.45, 7) is 1.91. The number of hydrogen-bond acceptors (Lipinski definition) is 3. The molecule has 0 aliphatic heterocycles. The van der Waals surface area contributed by atoms with Crippen molar-refractivity contribution in [3.63, 3.8) is 0 Å². The van der Waals surface area contributed by atoms with Crippen molar-refractivity contribution in [1.82, 2.24) is 0 Å². The largest absolute Gasteiger partial charge is 0.497 e. The minimum Gasteiger partial charge on any atom is -0.497 e. The van der Waals surface area contributed by atoms with E-state index in [1.807, 2.05) is 6.92 Å². The van der Waals surface area contributed by atoms with E-state index in [-0.39, 0.29) is 0 Å². The summed E-state index contributed by atoms with van der Waals surface area (Å²) in [7, 11) is 1.59. The Kier molecular flexibility index (Phi) is 3.14. The first kappa shape index (κ1) is 9.86. The molecule has 0 spiro atoms. The third kappa shape index (κ3) is 2.12. The molecule has 0 aliphatic rings. The number of aliphatic hydroxyl groups is 1. The average Bonchev–Trinajstić information content (AvgIpc) is 2.16. The number of aliphatic hydroxyl groups excluding tert-OH is 1. The van der Waals surface area contributed by atoms with Crippen molar-refractivity contribution in [2.75, 3.05) is 12.8 Å². The van der Waals surface area contributed by atoms with Gasteiger partial charge in [-0.05, 0) is 12.5 Å². The molecule has 3 heteroatoms. The predicted octanol–water partition coefficient (Wildman–Crippen LogP) is 1.72. The summed E-state index contributed by atoms with van der Waals surface area (Å²) in [5.41, 5.74) is 7.08. The second-order valence-corrected chi connectivity index (χ2v) is 2.92. The van der Waals surface area contributed by atoms with Crippen molar-refractivity contribution >= 4 is 5.69 Å². The Morgan fingerprint density at radius 1 is 1.54 bits per heavy atom. The third-order valence-electron chi connectivity index (χ3n) is 2.04. The molecule has 3 nitrogen and oxygen atoms in total. The maximum atomic E-state index is 9.55. The summed E-state index contributed by atoms with van der Waals surface area (Å²) in [6.07, 6.45) is 0.183. The van der Waals surface area contributed by atoms with E-state index in [0.717, 1.165) is 5.56 Å². The van der Waals surface area contributed by atoms with Gasteiger partial charge in [-0.15, -0.1) is 0 Å². The van der Waals surface area contributed by atoms with Gasteiger partial charge in [0.1, 0.15) is 5.75 Å². The zero-order valence-corrected chi connectivity index (χ0v) is 7.95. The van der Waals surface area contributed by atoms with Gasteiger partial charge in [0, 0.05) is 17.3 Å². The molecule has 0 saturated heterocycles. The van der Waals surface area contributed by atoms with Gasteiger partial charge in [-0.1, -0.05) is 13.0 Å². The van der Waals surface area contributed by atoms with Crippen molar-refractivity contribution in [3.05, 3.63) is 23.8 Å². The van der Waals surface area contributed by atoms with E-state index in [0.29, 0.717) is 17.9 Å². The molecule has 13 heavy (non-hydrogen) atoms. The van der Waals surface area contributed by atoms with Gasteiger partial charge >= 0.3 is 0 Å². The molecule has 1 rings (SSSR count). The maximum absolute atomic E-state index is 9.55. The van der Waals surface area contributed by atoms with E-state index in [2.05, 4.69) is 0 Å². The van der Waals surface area contributed by atoms with E-state index in [1.54, 1.807) is 25.3 Å². The van der Waals surface area contributed by atoms with Crippen molar-refractivity contribution < 1.29 is 9.84 Å². The Bertz CT molecular complexity index is 286. The fourth-order valence-electron chi connectivity index (χ4n) is 1.20. The van der Waals surface area contributed by atoms with Gasteiger partial charge in [0.2, 0.25) is 0 Å². The predicted molar refractivity (Wildman–Crippen MR) is 52.7 cm³/mol. The number of nitrogen functional groups attached to an aromatic ring is 1. The SMILES string of the molecule is CCC(O)c1ccc(OC)cc1N. The second-order valence-electron chi connectivity index (χ2n) is 2.92. The molecule has 1 aromatic rings. The summed E-state index contributed by atoms with van der Waals surface area (Å²) >= 11 is 0. The van der Waals surface area contributed by atoms with Gasteiger partial charge in [-0.3, -0.25) is 0 Å². The fraction of sp³-hybridized carbons (Fsp3) is 0.400. The molecule has 1 atom stereocenters. The Hall–Kier alpha value is -1.22. The van der Waals surface area contributed by atoms with Crippen LogP contribution in [-0.4, -0.2) is 12.2 Å². The lowest BCUT2D eigenvalue weighted by Crippen LogP contribution is -2.01. The molecule has 0 bridgehead atoms. The molecular formula is C10H15NO2. The van der Waals surface area contributed by atoms with Crippen LogP contribution in [0.1, 0.15) is 25.0 Å². The average molecular weight is 181 g/mol. The van der Waals surface area contributed by atoms with Crippen LogP contribution in [0.3, 0.4) is 0 Å². The van der Waals surface area contributed by atoms with Crippen molar-refractivity contribution in [2.45, 2.75) is 19.4 Å². The van der Waals surface area contributed by atoms with Gasteiger partial charge in [0.25, 0.3) is 0 Å². The summed E-state index contributed by atoms with van der Waals surface area (Å²) in [4.78, 5) is 0. The first-order valence-corrected chi connectivity index (χ1v) is 4.30. The Balaban J connectivity index is 2.98. The Morgan fingerprint density at radius 2 is 2.23 bits per heavy atom. The van der Waals surface area contributed by atoms with Crippen LogP contribution in [0.5, 0.6) is 5.75 Å². The molecule has 0 saturated carbocycles. The highest BCUT2D eigenvalue weighted by Gasteiger charge is 2.08. The first-order valence-electron chi connectivity index (χ1n) is 4.30. The molecule has 72 valence electrons. The lowest BCUT2D eigenvalue weighted by Gasteiger charge is -2.11. The van der Waals surface area contributed by atoms with Crippen LogP contribution in [0.15, 0.2) is 18.2 Å². The summed E-state index contributed by atoms with van der Waals surface area (Å²) in [5.74, 6) is 0.713. The van der Waals surface area contributed by atoms with Crippen LogP contribution >= 0.6 is 0 Å². The molecule has 1 unspecified atom stereocenters. The maximum Gasteiger partial charge on any atom is 0.120 e. The standard InChI is InChI=1S/C10H15NO2/c1-3-10(12)8-5-4-7(13-2)6-9(8)11/h4-6,10,12H,3,11H2,1-2H3. The lowest BCUT2D eigenvalue weighted by atomic mass is 10.1. The Morgan fingerprint density at radius 3 is 2.69 bits per heavy atom. The van der Waals surface area contributed by atoms with Crippen LogP contribution in [0.25, 0.3) is 0 Å². The highest BCUT2D eigenvalue weighted by Crippen LogP contribution is 2.26. The van der Waals surface area contributed by atoms with E-state index < -0.39 is 6.10 Å². The van der Waals surface area contributed by atoms with Gasteiger partial charge in [-0.25, -0.2) is 0 Å². The van der Waals surface area contributed by atoms with Gasteiger partial charge < -0.3 is 15.6 Å². The first-order chi connectivity index (χ1) is 6.19. The zero-order chi connectivity index (χ0) is 9.84. The minimum atomic E-state index is -0.481. The van der Waals surface area contributed by atoms with Crippen LogP contribution in [0.4, 0.5) is 5.69 Å². The molecular weight excluding hydrogens is 166 g/mol. The summed E-state index contributed by atoms with van der Waals surface area (Å²) in [6, 6.07) is 5.31.